The monoisotopic (exact) mass is 210 g/mol. The third kappa shape index (κ3) is 7.76. The van der Waals surface area contributed by atoms with Crippen molar-refractivity contribution in [2.45, 2.75) is 39.3 Å². The smallest absolute Gasteiger partial charge is 0.299 e. The van der Waals surface area contributed by atoms with Crippen LogP contribution in [-0.4, -0.2) is 17.7 Å². The molecule has 0 aliphatic heterocycles. The Balaban J connectivity index is 3.90. The lowest BCUT2D eigenvalue weighted by molar-refractivity contribution is -0.152. The number of alkyl halides is 3. The molecule has 0 aromatic carbocycles. The minimum atomic E-state index is -4.50. The fraction of sp³-hybridized carbons (Fsp3) is 0.778. The van der Waals surface area contributed by atoms with Crippen LogP contribution in [0.1, 0.15) is 33.1 Å². The Morgan fingerprint density at radius 2 is 1.64 bits per heavy atom. The van der Waals surface area contributed by atoms with E-state index in [-0.39, 0.29) is 12.3 Å². The molecule has 0 atom stereocenters. The van der Waals surface area contributed by atoms with Gasteiger partial charge in [0, 0.05) is 6.42 Å². The number of carbonyl (C=O) groups excluding carboxylic acids is 2. The number of halogens is 3. The topological polar surface area (TPSA) is 34.1 Å². The van der Waals surface area contributed by atoms with E-state index in [9.17, 15) is 22.8 Å². The molecule has 0 heterocycles. The van der Waals surface area contributed by atoms with E-state index in [0.717, 1.165) is 0 Å². The SMILES string of the molecule is CC(C)CC(=O)CC(=O)CC(F)(F)F. The second kappa shape index (κ2) is 5.12. The summed E-state index contributed by atoms with van der Waals surface area (Å²) in [7, 11) is 0. The van der Waals surface area contributed by atoms with Crippen molar-refractivity contribution in [2.24, 2.45) is 5.92 Å². The van der Waals surface area contributed by atoms with Crippen molar-refractivity contribution in [3.05, 3.63) is 0 Å². The van der Waals surface area contributed by atoms with Crippen LogP contribution in [0, 0.1) is 5.92 Å². The molecule has 0 rings (SSSR count). The van der Waals surface area contributed by atoms with Gasteiger partial charge in [-0.25, -0.2) is 0 Å². The lowest BCUT2D eigenvalue weighted by atomic mass is 10.0. The average Bonchev–Trinajstić information content (AvgIpc) is 1.77. The number of hydrogen-bond donors (Lipinski definition) is 0. The van der Waals surface area contributed by atoms with Gasteiger partial charge in [0.2, 0.25) is 0 Å². The third-order valence-electron chi connectivity index (χ3n) is 1.43. The molecule has 0 amide bonds. The summed E-state index contributed by atoms with van der Waals surface area (Å²) in [6.07, 6.45) is -6.45. The molecule has 82 valence electrons. The molecule has 0 radical (unpaired) electrons. The Bertz CT molecular complexity index is 219. The van der Waals surface area contributed by atoms with Crippen LogP contribution >= 0.6 is 0 Å². The molecule has 0 bridgehead atoms. The van der Waals surface area contributed by atoms with Gasteiger partial charge >= 0.3 is 6.18 Å². The molecule has 0 N–H and O–H groups in total. The van der Waals surface area contributed by atoms with E-state index < -0.39 is 30.6 Å². The van der Waals surface area contributed by atoms with Gasteiger partial charge in [-0.1, -0.05) is 13.8 Å². The van der Waals surface area contributed by atoms with Crippen molar-refractivity contribution < 1.29 is 22.8 Å². The average molecular weight is 210 g/mol. The lowest BCUT2D eigenvalue weighted by Gasteiger charge is -2.05. The summed E-state index contributed by atoms with van der Waals surface area (Å²) in [5, 5.41) is 0. The van der Waals surface area contributed by atoms with Gasteiger partial charge in [0.1, 0.15) is 18.0 Å². The van der Waals surface area contributed by atoms with Crippen LogP contribution in [-0.2, 0) is 9.59 Å². The normalized spacial score (nSPS) is 11.9. The molecule has 0 fully saturated rings. The number of ketones is 2. The molecule has 0 aromatic heterocycles. The van der Waals surface area contributed by atoms with Crippen molar-refractivity contribution >= 4 is 11.6 Å². The first kappa shape index (κ1) is 13.1. The number of hydrogen-bond acceptors (Lipinski definition) is 2. The molecule has 0 saturated heterocycles. The molecule has 0 unspecified atom stereocenters. The molecular formula is C9H13F3O2. The first-order chi connectivity index (χ1) is 6.20. The van der Waals surface area contributed by atoms with Crippen molar-refractivity contribution in [3.8, 4) is 0 Å². The zero-order valence-electron chi connectivity index (χ0n) is 8.15. The van der Waals surface area contributed by atoms with Gasteiger partial charge in [0.25, 0.3) is 0 Å². The molecule has 0 aromatic rings. The lowest BCUT2D eigenvalue weighted by Crippen LogP contribution is -2.18. The number of rotatable bonds is 5. The van der Waals surface area contributed by atoms with Gasteiger partial charge in [-0.3, -0.25) is 9.59 Å². The largest absolute Gasteiger partial charge is 0.395 e. The predicted octanol–water partition coefficient (Wildman–Crippen LogP) is 2.51. The summed E-state index contributed by atoms with van der Waals surface area (Å²) in [6.45, 7) is 3.54. The molecule has 5 heteroatoms. The highest BCUT2D eigenvalue weighted by Gasteiger charge is 2.31. The van der Waals surface area contributed by atoms with Crippen LogP contribution < -0.4 is 0 Å². The summed E-state index contributed by atoms with van der Waals surface area (Å²) in [4.78, 5) is 21.7. The van der Waals surface area contributed by atoms with E-state index in [1.165, 1.54) is 0 Å². The van der Waals surface area contributed by atoms with Gasteiger partial charge in [-0.2, -0.15) is 13.2 Å². The zero-order valence-corrected chi connectivity index (χ0v) is 8.15. The highest BCUT2D eigenvalue weighted by atomic mass is 19.4. The van der Waals surface area contributed by atoms with E-state index in [2.05, 4.69) is 0 Å². The molecule has 0 aliphatic carbocycles. The van der Waals surface area contributed by atoms with Crippen molar-refractivity contribution in [2.75, 3.05) is 0 Å². The molecule has 0 spiro atoms. The van der Waals surface area contributed by atoms with Crippen molar-refractivity contribution in [1.29, 1.82) is 0 Å². The fourth-order valence-corrected chi connectivity index (χ4v) is 1.03. The zero-order chi connectivity index (χ0) is 11.4. The van der Waals surface area contributed by atoms with E-state index in [1.54, 1.807) is 13.8 Å². The molecular weight excluding hydrogens is 197 g/mol. The fourth-order valence-electron chi connectivity index (χ4n) is 1.03. The maximum Gasteiger partial charge on any atom is 0.395 e. The molecule has 14 heavy (non-hydrogen) atoms. The van der Waals surface area contributed by atoms with Crippen LogP contribution in [0.15, 0.2) is 0 Å². The third-order valence-corrected chi connectivity index (χ3v) is 1.43. The van der Waals surface area contributed by atoms with Gasteiger partial charge in [-0.15, -0.1) is 0 Å². The Morgan fingerprint density at radius 1 is 1.14 bits per heavy atom. The van der Waals surface area contributed by atoms with Crippen LogP contribution in [0.3, 0.4) is 0 Å². The van der Waals surface area contributed by atoms with E-state index in [4.69, 9.17) is 0 Å². The highest BCUT2D eigenvalue weighted by molar-refractivity contribution is 5.99. The summed E-state index contributed by atoms with van der Waals surface area (Å²) >= 11 is 0. The minimum absolute atomic E-state index is 0.0705. The second-order valence-corrected chi connectivity index (χ2v) is 3.64. The van der Waals surface area contributed by atoms with Crippen molar-refractivity contribution in [1.82, 2.24) is 0 Å². The predicted molar refractivity (Wildman–Crippen MR) is 44.8 cm³/mol. The van der Waals surface area contributed by atoms with Crippen LogP contribution in [0.5, 0.6) is 0 Å². The Morgan fingerprint density at radius 3 is 2.00 bits per heavy atom. The number of carbonyl (C=O) groups is 2. The van der Waals surface area contributed by atoms with Gasteiger partial charge in [0.05, 0.1) is 6.42 Å². The Hall–Kier alpha value is -0.870. The summed E-state index contributed by atoms with van der Waals surface area (Å²) in [5.74, 6) is -1.40. The minimum Gasteiger partial charge on any atom is -0.299 e. The van der Waals surface area contributed by atoms with E-state index in [1.807, 2.05) is 0 Å². The Kier molecular flexibility index (Phi) is 4.80. The van der Waals surface area contributed by atoms with Gasteiger partial charge < -0.3 is 0 Å². The highest BCUT2D eigenvalue weighted by Crippen LogP contribution is 2.20. The Labute approximate surface area is 80.5 Å². The van der Waals surface area contributed by atoms with Crippen LogP contribution in [0.25, 0.3) is 0 Å². The second-order valence-electron chi connectivity index (χ2n) is 3.64. The first-order valence-electron chi connectivity index (χ1n) is 4.31. The van der Waals surface area contributed by atoms with Gasteiger partial charge in [-0.05, 0) is 5.92 Å². The quantitative estimate of drug-likeness (QED) is 0.653. The van der Waals surface area contributed by atoms with E-state index >= 15 is 0 Å². The first-order valence-corrected chi connectivity index (χ1v) is 4.31. The van der Waals surface area contributed by atoms with Gasteiger partial charge in [0.15, 0.2) is 0 Å². The standard InChI is InChI=1S/C9H13F3O2/c1-6(2)3-7(13)4-8(14)5-9(10,11)12/h6H,3-5H2,1-2H3. The molecule has 0 saturated carbocycles. The maximum absolute atomic E-state index is 11.7. The summed E-state index contributed by atoms with van der Waals surface area (Å²) in [5.41, 5.74) is 0. The molecule has 2 nitrogen and oxygen atoms in total. The van der Waals surface area contributed by atoms with Crippen molar-refractivity contribution in [3.63, 3.8) is 0 Å². The number of Topliss-reactive ketones (excluding diaryl/α,β-unsaturated/α-hetero) is 2. The van der Waals surface area contributed by atoms with Crippen LogP contribution in [0.2, 0.25) is 0 Å². The molecule has 0 aliphatic rings. The summed E-state index contributed by atoms with van der Waals surface area (Å²) < 4.78 is 35.1. The maximum atomic E-state index is 11.7. The summed E-state index contributed by atoms with van der Waals surface area (Å²) in [6, 6.07) is 0. The van der Waals surface area contributed by atoms with E-state index in [0.29, 0.717) is 0 Å². The van der Waals surface area contributed by atoms with Crippen LogP contribution in [0.4, 0.5) is 13.2 Å².